The van der Waals surface area contributed by atoms with Gasteiger partial charge in [-0.15, -0.1) is 0 Å². The lowest BCUT2D eigenvalue weighted by Crippen LogP contribution is -2.07. The van der Waals surface area contributed by atoms with Crippen LogP contribution in [-0.2, 0) is 6.54 Å². The first-order valence-corrected chi connectivity index (χ1v) is 5.16. The first kappa shape index (κ1) is 12.2. The Bertz CT molecular complexity index is 553. The summed E-state index contributed by atoms with van der Waals surface area (Å²) in [6.07, 6.45) is 1.62. The normalized spacial score (nSPS) is 12.3. The van der Waals surface area contributed by atoms with Crippen LogP contribution in [0, 0.1) is 15.9 Å². The maximum Gasteiger partial charge on any atom is 0.381 e. The number of nitro groups is 1. The highest BCUT2D eigenvalue weighted by Crippen LogP contribution is 2.16. The summed E-state index contributed by atoms with van der Waals surface area (Å²) in [7, 11) is 0. The molecule has 6 nitrogen and oxygen atoms in total. The largest absolute Gasteiger partial charge is 0.387 e. The van der Waals surface area contributed by atoms with Gasteiger partial charge in [-0.05, 0) is 27.6 Å². The van der Waals surface area contributed by atoms with Gasteiger partial charge in [0.1, 0.15) is 12.0 Å². The van der Waals surface area contributed by atoms with Crippen molar-refractivity contribution in [2.45, 2.75) is 12.6 Å². The molecule has 2 aromatic rings. The maximum atomic E-state index is 12.7. The summed E-state index contributed by atoms with van der Waals surface area (Å²) in [4.78, 5) is 13.4. The highest BCUT2D eigenvalue weighted by Gasteiger charge is 2.13. The molecule has 18 heavy (non-hydrogen) atoms. The predicted molar refractivity (Wildman–Crippen MR) is 60.2 cm³/mol. The number of nitrogens with zero attached hydrogens (tertiary/aromatic N) is 3. The highest BCUT2D eigenvalue weighted by molar-refractivity contribution is 5.19. The summed E-state index contributed by atoms with van der Waals surface area (Å²) in [5.74, 6) is -0.662. The molecule has 0 spiro atoms. The number of halogens is 1. The Morgan fingerprint density at radius 2 is 2.11 bits per heavy atom. The van der Waals surface area contributed by atoms with Gasteiger partial charge in [0.25, 0.3) is 0 Å². The van der Waals surface area contributed by atoms with Crippen molar-refractivity contribution in [3.8, 4) is 0 Å². The fourth-order valence-corrected chi connectivity index (χ4v) is 1.53. The molecule has 0 amide bonds. The van der Waals surface area contributed by atoms with Crippen LogP contribution in [0.5, 0.6) is 0 Å². The number of benzene rings is 1. The fourth-order valence-electron chi connectivity index (χ4n) is 1.53. The smallest absolute Gasteiger partial charge is 0.381 e. The molecule has 0 unspecified atom stereocenters. The van der Waals surface area contributed by atoms with Crippen molar-refractivity contribution in [3.05, 3.63) is 58.3 Å². The van der Waals surface area contributed by atoms with Crippen molar-refractivity contribution >= 4 is 5.82 Å². The van der Waals surface area contributed by atoms with Crippen LogP contribution in [0.15, 0.2) is 36.8 Å². The highest BCUT2D eigenvalue weighted by atomic mass is 19.1. The predicted octanol–water partition coefficient (Wildman–Crippen LogP) is 1.66. The topological polar surface area (TPSA) is 81.2 Å². The first-order chi connectivity index (χ1) is 8.56. The molecule has 0 bridgehead atoms. The van der Waals surface area contributed by atoms with Gasteiger partial charge in [-0.25, -0.2) is 4.39 Å². The van der Waals surface area contributed by atoms with E-state index in [1.807, 2.05) is 0 Å². The van der Waals surface area contributed by atoms with Crippen molar-refractivity contribution in [1.82, 2.24) is 9.55 Å². The zero-order chi connectivity index (χ0) is 13.1. The summed E-state index contributed by atoms with van der Waals surface area (Å²) in [6.45, 7) is 0.118. The van der Waals surface area contributed by atoms with Crippen LogP contribution in [-0.4, -0.2) is 19.6 Å². The van der Waals surface area contributed by atoms with E-state index < -0.39 is 11.0 Å². The Balaban J connectivity index is 2.08. The number of imidazole rings is 1. The third-order valence-electron chi connectivity index (χ3n) is 2.45. The van der Waals surface area contributed by atoms with Crippen LogP contribution in [0.1, 0.15) is 11.7 Å². The number of hydrogen-bond donors (Lipinski definition) is 1. The van der Waals surface area contributed by atoms with Crippen LogP contribution < -0.4 is 0 Å². The summed E-state index contributed by atoms with van der Waals surface area (Å²) in [5.41, 5.74) is 0.535. The van der Waals surface area contributed by atoms with Crippen molar-refractivity contribution in [2.24, 2.45) is 0 Å². The van der Waals surface area contributed by atoms with Gasteiger partial charge < -0.3 is 19.8 Å². The van der Waals surface area contributed by atoms with E-state index in [2.05, 4.69) is 4.98 Å². The zero-order valence-electron chi connectivity index (χ0n) is 9.23. The zero-order valence-corrected chi connectivity index (χ0v) is 9.23. The molecule has 2 rings (SSSR count). The third-order valence-corrected chi connectivity index (χ3v) is 2.45. The average molecular weight is 251 g/mol. The molecule has 1 N–H and O–H groups in total. The van der Waals surface area contributed by atoms with E-state index in [4.69, 9.17) is 0 Å². The molecule has 7 heteroatoms. The Morgan fingerprint density at radius 3 is 2.67 bits per heavy atom. The van der Waals surface area contributed by atoms with Crippen LogP contribution in [0.3, 0.4) is 0 Å². The molecule has 1 aromatic carbocycles. The molecule has 1 aromatic heterocycles. The van der Waals surface area contributed by atoms with Crippen molar-refractivity contribution < 1.29 is 14.4 Å². The van der Waals surface area contributed by atoms with E-state index in [1.54, 1.807) is 0 Å². The number of aliphatic hydroxyl groups is 1. The molecular weight excluding hydrogens is 241 g/mol. The van der Waals surface area contributed by atoms with Gasteiger partial charge in [0.2, 0.25) is 6.33 Å². The molecule has 0 fully saturated rings. The van der Waals surface area contributed by atoms with E-state index in [1.165, 1.54) is 41.4 Å². The summed E-state index contributed by atoms with van der Waals surface area (Å²) >= 11 is 0. The monoisotopic (exact) mass is 251 g/mol. The molecule has 0 aliphatic rings. The minimum atomic E-state index is -0.876. The lowest BCUT2D eigenvalue weighted by atomic mass is 10.1. The quantitative estimate of drug-likeness (QED) is 0.661. The van der Waals surface area contributed by atoms with Crippen molar-refractivity contribution in [1.29, 1.82) is 0 Å². The Labute approximate surface area is 101 Å². The molecular formula is C11H10FN3O3. The van der Waals surface area contributed by atoms with Gasteiger partial charge in [0.05, 0.1) is 12.6 Å². The lowest BCUT2D eigenvalue weighted by molar-refractivity contribution is -0.389. The second-order valence-corrected chi connectivity index (χ2v) is 3.75. The maximum absolute atomic E-state index is 12.7. The molecule has 0 aliphatic heterocycles. The SMILES string of the molecule is O=[N+]([O-])c1cn(C[C@@H](O)c2ccc(F)cc2)cn1. The number of aliphatic hydroxyl groups excluding tert-OH is 1. The van der Waals surface area contributed by atoms with Gasteiger partial charge in [-0.2, -0.15) is 0 Å². The van der Waals surface area contributed by atoms with Gasteiger partial charge in [-0.3, -0.25) is 0 Å². The second-order valence-electron chi connectivity index (χ2n) is 3.75. The third kappa shape index (κ3) is 2.69. The summed E-state index contributed by atoms with van der Waals surface area (Å²) < 4.78 is 14.1. The fraction of sp³-hybridized carbons (Fsp3) is 0.182. The minimum absolute atomic E-state index is 0.118. The van der Waals surface area contributed by atoms with E-state index in [-0.39, 0.29) is 18.2 Å². The van der Waals surface area contributed by atoms with Gasteiger partial charge in [-0.1, -0.05) is 12.1 Å². The first-order valence-electron chi connectivity index (χ1n) is 5.16. The van der Waals surface area contributed by atoms with E-state index in [0.717, 1.165) is 0 Å². The second kappa shape index (κ2) is 4.92. The molecule has 94 valence electrons. The van der Waals surface area contributed by atoms with Gasteiger partial charge in [0, 0.05) is 0 Å². The van der Waals surface area contributed by atoms with Crippen molar-refractivity contribution in [2.75, 3.05) is 0 Å². The average Bonchev–Trinajstić information content (AvgIpc) is 2.78. The van der Waals surface area contributed by atoms with Crippen molar-refractivity contribution in [3.63, 3.8) is 0 Å². The Hall–Kier alpha value is -2.28. The van der Waals surface area contributed by atoms with Crippen LogP contribution in [0.2, 0.25) is 0 Å². The van der Waals surface area contributed by atoms with E-state index in [0.29, 0.717) is 5.56 Å². The minimum Gasteiger partial charge on any atom is -0.387 e. The van der Waals surface area contributed by atoms with E-state index >= 15 is 0 Å². The van der Waals surface area contributed by atoms with Gasteiger partial charge >= 0.3 is 5.82 Å². The number of rotatable bonds is 4. The lowest BCUT2D eigenvalue weighted by Gasteiger charge is -2.10. The summed E-state index contributed by atoms with van der Waals surface area (Å²) in [6, 6.07) is 5.42. The molecule has 0 saturated heterocycles. The molecule has 0 saturated carbocycles. The van der Waals surface area contributed by atoms with Crippen LogP contribution in [0.4, 0.5) is 10.2 Å². The molecule has 0 radical (unpaired) electrons. The standard InChI is InChI=1S/C11H10FN3O3/c12-9-3-1-8(2-4-9)10(16)5-14-6-11(13-7-14)15(17)18/h1-4,6-7,10,16H,5H2/t10-/m1/s1. The summed E-state index contributed by atoms with van der Waals surface area (Å²) in [5, 5.41) is 20.3. The van der Waals surface area contributed by atoms with E-state index in [9.17, 15) is 19.6 Å². The van der Waals surface area contributed by atoms with Crippen LogP contribution in [0.25, 0.3) is 0 Å². The van der Waals surface area contributed by atoms with Gasteiger partial charge in [0.15, 0.2) is 0 Å². The molecule has 1 heterocycles. The number of hydrogen-bond acceptors (Lipinski definition) is 4. The Morgan fingerprint density at radius 1 is 1.44 bits per heavy atom. The Kier molecular flexibility index (Phi) is 3.33. The van der Waals surface area contributed by atoms with Crippen LogP contribution >= 0.6 is 0 Å². The molecule has 0 aliphatic carbocycles. The molecule has 1 atom stereocenters. The number of aromatic nitrogens is 2.